The maximum Gasteiger partial charge on any atom is 0.294 e. The number of hydrogen-bond acceptors (Lipinski definition) is 4. The van der Waals surface area contributed by atoms with E-state index < -0.39 is 20.2 Å². The van der Waals surface area contributed by atoms with Crippen molar-refractivity contribution < 1.29 is 25.9 Å². The molecule has 2 rings (SSSR count). The Morgan fingerprint density at radius 2 is 1.21 bits per heavy atom. The predicted molar refractivity (Wildman–Crippen MR) is 89.2 cm³/mol. The Morgan fingerprint density at radius 3 is 1.62 bits per heavy atom. The molecule has 0 amide bonds. The molecule has 0 heterocycles. The highest BCUT2D eigenvalue weighted by molar-refractivity contribution is 7.86. The van der Waals surface area contributed by atoms with Crippen molar-refractivity contribution in [2.75, 3.05) is 0 Å². The molecule has 0 aromatic heterocycles. The van der Waals surface area contributed by atoms with Gasteiger partial charge in [0.15, 0.2) is 0 Å². The van der Waals surface area contributed by atoms with Crippen LogP contribution in [-0.4, -0.2) is 25.9 Å². The Kier molecular flexibility index (Phi) is 5.44. The van der Waals surface area contributed by atoms with E-state index >= 15 is 0 Å². The fourth-order valence-corrected chi connectivity index (χ4v) is 3.31. The second-order valence-electron chi connectivity index (χ2n) is 5.60. The number of benzene rings is 2. The summed E-state index contributed by atoms with van der Waals surface area (Å²) in [4.78, 5) is -0.278. The molecule has 0 aliphatic carbocycles. The zero-order valence-electron chi connectivity index (χ0n) is 13.0. The molecule has 0 saturated carbocycles. The Bertz CT molecular complexity index is 898. The minimum absolute atomic E-state index is 0.139. The van der Waals surface area contributed by atoms with E-state index in [-0.39, 0.29) is 15.7 Å². The lowest BCUT2D eigenvalue weighted by Gasteiger charge is -2.12. The predicted octanol–water partition coefficient (Wildman–Crippen LogP) is 2.92. The van der Waals surface area contributed by atoms with Crippen molar-refractivity contribution in [3.63, 3.8) is 0 Å². The first-order valence-corrected chi connectivity index (χ1v) is 10.1. The minimum atomic E-state index is -4.19. The van der Waals surface area contributed by atoms with Crippen molar-refractivity contribution in [3.8, 4) is 0 Å². The average Bonchev–Trinajstić information content (AvgIpc) is 2.51. The van der Waals surface area contributed by atoms with E-state index in [2.05, 4.69) is 0 Å². The summed E-state index contributed by atoms with van der Waals surface area (Å²) in [5.41, 5.74) is 1.88. The van der Waals surface area contributed by atoms with Crippen LogP contribution in [0, 0.1) is 0 Å². The molecule has 0 spiro atoms. The van der Waals surface area contributed by atoms with Gasteiger partial charge in [-0.25, -0.2) is 0 Å². The van der Waals surface area contributed by atoms with Gasteiger partial charge in [0.1, 0.15) is 0 Å². The van der Waals surface area contributed by atoms with Crippen molar-refractivity contribution in [1.82, 2.24) is 0 Å². The third kappa shape index (κ3) is 4.88. The van der Waals surface area contributed by atoms with Gasteiger partial charge in [-0.1, -0.05) is 31.2 Å². The van der Waals surface area contributed by atoms with Crippen LogP contribution in [0.4, 0.5) is 0 Å². The van der Waals surface area contributed by atoms with Gasteiger partial charge >= 0.3 is 0 Å². The Hall–Kier alpha value is -1.74. The SMILES string of the molecule is C[C@H](CCc1ccc(S(=O)(=O)O)cc1)c1ccc(S(=O)(=O)O)cc1. The first-order valence-electron chi connectivity index (χ1n) is 7.21. The average molecular weight is 370 g/mol. The van der Waals surface area contributed by atoms with E-state index in [0.29, 0.717) is 6.42 Å². The number of rotatable bonds is 6. The molecule has 2 aromatic rings. The van der Waals surface area contributed by atoms with E-state index in [1.165, 1.54) is 24.3 Å². The molecule has 6 nitrogen and oxygen atoms in total. The van der Waals surface area contributed by atoms with Crippen LogP contribution in [0.25, 0.3) is 0 Å². The third-order valence-electron chi connectivity index (χ3n) is 3.83. The van der Waals surface area contributed by atoms with Gasteiger partial charge in [-0.2, -0.15) is 16.8 Å². The molecular formula is C16H18O6S2. The molecule has 8 heteroatoms. The van der Waals surface area contributed by atoms with Gasteiger partial charge in [-0.3, -0.25) is 9.11 Å². The molecule has 130 valence electrons. The van der Waals surface area contributed by atoms with Crippen molar-refractivity contribution >= 4 is 20.2 Å². The zero-order chi connectivity index (χ0) is 18.0. The van der Waals surface area contributed by atoms with Crippen molar-refractivity contribution in [2.24, 2.45) is 0 Å². The van der Waals surface area contributed by atoms with Gasteiger partial charge in [0.2, 0.25) is 0 Å². The van der Waals surface area contributed by atoms with Crippen LogP contribution in [0.1, 0.15) is 30.4 Å². The summed E-state index contributed by atoms with van der Waals surface area (Å²) in [6, 6.07) is 12.1. The van der Waals surface area contributed by atoms with E-state index in [1.54, 1.807) is 24.3 Å². The van der Waals surface area contributed by atoms with E-state index in [9.17, 15) is 16.8 Å². The van der Waals surface area contributed by atoms with Crippen LogP contribution in [-0.2, 0) is 26.7 Å². The Balaban J connectivity index is 2.01. The lowest BCUT2D eigenvalue weighted by Crippen LogP contribution is -2.01. The summed E-state index contributed by atoms with van der Waals surface area (Å²) < 4.78 is 61.9. The van der Waals surface area contributed by atoms with Crippen molar-refractivity contribution in [3.05, 3.63) is 59.7 Å². The first kappa shape index (κ1) is 18.6. The fraction of sp³-hybridized carbons (Fsp3) is 0.250. The quantitative estimate of drug-likeness (QED) is 0.757. The molecule has 24 heavy (non-hydrogen) atoms. The summed E-state index contributed by atoms with van der Waals surface area (Å²) in [6.45, 7) is 2.00. The molecule has 0 unspecified atom stereocenters. The fourth-order valence-electron chi connectivity index (χ4n) is 2.35. The highest BCUT2D eigenvalue weighted by Crippen LogP contribution is 2.23. The minimum Gasteiger partial charge on any atom is -0.282 e. The monoisotopic (exact) mass is 370 g/mol. The van der Waals surface area contributed by atoms with Crippen molar-refractivity contribution in [1.29, 1.82) is 0 Å². The number of hydrogen-bond donors (Lipinski definition) is 2. The normalized spacial score (nSPS) is 13.6. The third-order valence-corrected chi connectivity index (χ3v) is 5.57. The molecule has 0 saturated heterocycles. The maximum absolute atomic E-state index is 11.0. The molecule has 1 atom stereocenters. The van der Waals surface area contributed by atoms with E-state index in [4.69, 9.17) is 9.11 Å². The molecule has 0 bridgehead atoms. The molecule has 0 radical (unpaired) electrons. The van der Waals surface area contributed by atoms with Gasteiger partial charge in [0.05, 0.1) is 9.79 Å². The second-order valence-corrected chi connectivity index (χ2v) is 8.45. The van der Waals surface area contributed by atoms with Gasteiger partial charge in [-0.05, 0) is 54.2 Å². The summed E-state index contributed by atoms with van der Waals surface area (Å²) in [5.74, 6) is 0.154. The zero-order valence-corrected chi connectivity index (χ0v) is 14.6. The van der Waals surface area contributed by atoms with Crippen LogP contribution in [0.5, 0.6) is 0 Å². The lowest BCUT2D eigenvalue weighted by molar-refractivity contribution is 0.481. The molecule has 0 aliphatic heterocycles. The van der Waals surface area contributed by atoms with Gasteiger partial charge < -0.3 is 0 Å². The van der Waals surface area contributed by atoms with Crippen LogP contribution in [0.2, 0.25) is 0 Å². The van der Waals surface area contributed by atoms with Crippen LogP contribution >= 0.6 is 0 Å². The largest absolute Gasteiger partial charge is 0.294 e. The summed E-state index contributed by atoms with van der Waals surface area (Å²) in [7, 11) is -8.37. The maximum atomic E-state index is 11.0. The van der Waals surface area contributed by atoms with Crippen LogP contribution in [0.3, 0.4) is 0 Å². The second kappa shape index (κ2) is 7.02. The van der Waals surface area contributed by atoms with Crippen molar-refractivity contribution in [2.45, 2.75) is 35.5 Å². The van der Waals surface area contributed by atoms with Crippen LogP contribution in [0.15, 0.2) is 58.3 Å². The van der Waals surface area contributed by atoms with E-state index in [1.807, 2.05) is 6.92 Å². The molecule has 2 N–H and O–H groups in total. The molecular weight excluding hydrogens is 352 g/mol. The van der Waals surface area contributed by atoms with Gasteiger partial charge in [-0.15, -0.1) is 0 Å². The molecule has 0 aliphatic rings. The van der Waals surface area contributed by atoms with Gasteiger partial charge in [0.25, 0.3) is 20.2 Å². The van der Waals surface area contributed by atoms with Gasteiger partial charge in [0, 0.05) is 0 Å². The van der Waals surface area contributed by atoms with E-state index in [0.717, 1.165) is 17.5 Å². The molecule has 0 fully saturated rings. The topological polar surface area (TPSA) is 109 Å². The first-order chi connectivity index (χ1) is 11.1. The highest BCUT2D eigenvalue weighted by atomic mass is 32.2. The number of aryl methyl sites for hydroxylation is 1. The van der Waals surface area contributed by atoms with Crippen LogP contribution < -0.4 is 0 Å². The summed E-state index contributed by atoms with van der Waals surface area (Å²) in [5, 5.41) is 0. The molecule has 2 aromatic carbocycles. The highest BCUT2D eigenvalue weighted by Gasteiger charge is 2.12. The lowest BCUT2D eigenvalue weighted by atomic mass is 9.94. The Labute approximate surface area is 141 Å². The summed E-state index contributed by atoms with van der Waals surface area (Å²) >= 11 is 0. The smallest absolute Gasteiger partial charge is 0.282 e. The Morgan fingerprint density at radius 1 is 0.792 bits per heavy atom. The standard InChI is InChI=1S/C16H18O6S2/c1-12(14-6-10-16(11-7-14)24(20,21)22)2-3-13-4-8-15(9-5-13)23(17,18)19/h4-12H,2-3H2,1H3,(H,17,18,19)(H,20,21,22)/t12-/m1/s1. The summed E-state index contributed by atoms with van der Waals surface area (Å²) in [6.07, 6.45) is 1.48.